The minimum Gasteiger partial charge on any atom is -0.342 e. The van der Waals surface area contributed by atoms with Crippen LogP contribution in [0.4, 0.5) is 0 Å². The smallest absolute Gasteiger partial charge is 0.187 e. The van der Waals surface area contributed by atoms with Gasteiger partial charge < -0.3 is 5.32 Å². The first kappa shape index (κ1) is 8.29. The second-order valence-electron chi connectivity index (χ2n) is 2.10. The highest BCUT2D eigenvalue weighted by molar-refractivity contribution is 8.13. The number of carbonyl (C=O) groups excluding carboxylic acids is 1. The monoisotopic (exact) mass is 171 g/mol. The average molecular weight is 171 g/mol. The number of thioether (sulfide) groups is 1. The van der Waals surface area contributed by atoms with Crippen molar-refractivity contribution in [3.63, 3.8) is 0 Å². The van der Waals surface area contributed by atoms with Crippen molar-refractivity contribution in [3.8, 4) is 0 Å². The zero-order chi connectivity index (χ0) is 8.32. The molecular weight excluding hydrogens is 162 g/mol. The van der Waals surface area contributed by atoms with E-state index in [-0.39, 0.29) is 0 Å². The molecule has 0 aromatic heterocycles. The number of nitrogens with one attached hydrogen (secondary N) is 1. The topological polar surface area (TPSA) is 67.5 Å². The lowest BCUT2D eigenvalue weighted by molar-refractivity contribution is -0.110. The summed E-state index contributed by atoms with van der Waals surface area (Å²) in [4.78, 5) is 14.4. The maximum atomic E-state index is 10.4. The van der Waals surface area contributed by atoms with Crippen LogP contribution in [0.15, 0.2) is 17.3 Å². The van der Waals surface area contributed by atoms with Crippen LogP contribution in [0.3, 0.4) is 0 Å². The molecule has 60 valence electrons. The normalized spacial score (nSPS) is 29.1. The fourth-order valence-corrected chi connectivity index (χ4v) is 1.10. The van der Waals surface area contributed by atoms with Gasteiger partial charge in [-0.15, -0.1) is 0 Å². The van der Waals surface area contributed by atoms with E-state index in [0.717, 1.165) is 0 Å². The fourth-order valence-electron chi connectivity index (χ4n) is 0.662. The lowest BCUT2D eigenvalue weighted by atomic mass is 10.2. The number of aliphatic imine (C=N–C) groups is 1. The van der Waals surface area contributed by atoms with Crippen molar-refractivity contribution in [1.29, 1.82) is 0 Å². The van der Waals surface area contributed by atoms with E-state index in [1.807, 2.05) is 6.26 Å². The summed E-state index contributed by atoms with van der Waals surface area (Å²) in [7, 11) is 0. The van der Waals surface area contributed by atoms with E-state index in [0.29, 0.717) is 11.5 Å². The molecule has 1 aliphatic rings. The first-order valence-corrected chi connectivity index (χ1v) is 4.26. The van der Waals surface area contributed by atoms with Crippen molar-refractivity contribution >= 4 is 23.2 Å². The minimum atomic E-state index is -1.16. The fraction of sp³-hybridized carbons (Fsp3) is 0.333. The Morgan fingerprint density at radius 1 is 1.91 bits per heavy atom. The van der Waals surface area contributed by atoms with Crippen LogP contribution in [-0.4, -0.2) is 23.4 Å². The van der Waals surface area contributed by atoms with Gasteiger partial charge in [0.05, 0.1) is 0 Å². The van der Waals surface area contributed by atoms with Gasteiger partial charge in [0.25, 0.3) is 0 Å². The molecule has 1 aliphatic heterocycles. The summed E-state index contributed by atoms with van der Waals surface area (Å²) in [6.45, 7) is 0. The second kappa shape index (κ2) is 3.06. The van der Waals surface area contributed by atoms with E-state index >= 15 is 0 Å². The van der Waals surface area contributed by atoms with Gasteiger partial charge in [0.2, 0.25) is 0 Å². The Labute approximate surface area is 68.9 Å². The first-order chi connectivity index (χ1) is 5.20. The molecule has 3 N–H and O–H groups in total. The number of carbonyl (C=O) groups is 1. The van der Waals surface area contributed by atoms with Gasteiger partial charge >= 0.3 is 0 Å². The van der Waals surface area contributed by atoms with E-state index in [9.17, 15) is 4.79 Å². The molecule has 1 heterocycles. The Balaban J connectivity index is 2.83. The van der Waals surface area contributed by atoms with E-state index < -0.39 is 5.66 Å². The molecule has 0 bridgehead atoms. The van der Waals surface area contributed by atoms with E-state index in [2.05, 4.69) is 10.3 Å². The highest BCUT2D eigenvalue weighted by Gasteiger charge is 2.22. The minimum absolute atomic E-state index is 0.612. The van der Waals surface area contributed by atoms with Crippen molar-refractivity contribution < 1.29 is 4.79 Å². The zero-order valence-electron chi connectivity index (χ0n) is 6.07. The molecule has 5 heteroatoms. The number of rotatable bonds is 1. The standard InChI is InChI=1S/C6H9N3OS/c1-11-5-8-3-2-6(7,4-10)9-5/h2-4H,7H2,1H3,(H,8,9). The first-order valence-electron chi connectivity index (χ1n) is 3.03. The number of aldehydes is 1. The molecule has 0 aromatic carbocycles. The Bertz CT molecular complexity index is 226. The van der Waals surface area contributed by atoms with Crippen LogP contribution < -0.4 is 11.1 Å². The largest absolute Gasteiger partial charge is 0.342 e. The van der Waals surface area contributed by atoms with Crippen LogP contribution in [0.2, 0.25) is 0 Å². The lowest BCUT2D eigenvalue weighted by Gasteiger charge is -2.19. The summed E-state index contributed by atoms with van der Waals surface area (Å²) in [6, 6.07) is 0. The number of hydrogen-bond donors (Lipinski definition) is 2. The Hall–Kier alpha value is -0.810. The molecule has 0 aliphatic carbocycles. The molecule has 0 saturated heterocycles. The Morgan fingerprint density at radius 2 is 2.64 bits per heavy atom. The molecule has 11 heavy (non-hydrogen) atoms. The third-order valence-electron chi connectivity index (χ3n) is 1.23. The van der Waals surface area contributed by atoms with Crippen molar-refractivity contribution in [2.45, 2.75) is 5.66 Å². The second-order valence-corrected chi connectivity index (χ2v) is 2.90. The van der Waals surface area contributed by atoms with Gasteiger partial charge in [0.1, 0.15) is 0 Å². The molecule has 4 nitrogen and oxygen atoms in total. The summed E-state index contributed by atoms with van der Waals surface area (Å²) >= 11 is 1.41. The van der Waals surface area contributed by atoms with Crippen LogP contribution in [0, 0.1) is 0 Å². The van der Waals surface area contributed by atoms with Crippen molar-refractivity contribution in [2.24, 2.45) is 10.7 Å². The van der Waals surface area contributed by atoms with Crippen LogP contribution in [-0.2, 0) is 4.79 Å². The molecule has 1 atom stereocenters. The number of nitrogens with two attached hydrogens (primary N) is 1. The number of amidine groups is 1. The molecule has 0 amide bonds. The molecule has 0 spiro atoms. The molecule has 0 fully saturated rings. The Kier molecular flexibility index (Phi) is 2.31. The third kappa shape index (κ3) is 1.81. The van der Waals surface area contributed by atoms with Gasteiger partial charge in [-0.2, -0.15) is 0 Å². The van der Waals surface area contributed by atoms with Gasteiger partial charge in [-0.05, 0) is 12.3 Å². The zero-order valence-corrected chi connectivity index (χ0v) is 6.89. The SMILES string of the molecule is CSC1=NC(N)(C=O)C=CN1. The van der Waals surface area contributed by atoms with E-state index in [4.69, 9.17) is 5.73 Å². The van der Waals surface area contributed by atoms with Crippen molar-refractivity contribution in [1.82, 2.24) is 5.32 Å². The molecule has 0 radical (unpaired) electrons. The Morgan fingerprint density at radius 3 is 3.18 bits per heavy atom. The van der Waals surface area contributed by atoms with Crippen LogP contribution in [0.1, 0.15) is 0 Å². The molecule has 1 rings (SSSR count). The predicted molar refractivity (Wildman–Crippen MR) is 46.2 cm³/mol. The molecule has 0 aromatic rings. The summed E-state index contributed by atoms with van der Waals surface area (Å²) < 4.78 is 0. The molecular formula is C6H9N3OS. The lowest BCUT2D eigenvalue weighted by Crippen LogP contribution is -2.42. The summed E-state index contributed by atoms with van der Waals surface area (Å²) in [6.07, 6.45) is 5.60. The van der Waals surface area contributed by atoms with Gasteiger partial charge in [-0.1, -0.05) is 11.8 Å². The molecule has 0 saturated carbocycles. The third-order valence-corrected chi connectivity index (χ3v) is 1.83. The van der Waals surface area contributed by atoms with Gasteiger partial charge in [-0.3, -0.25) is 10.5 Å². The number of hydrogen-bond acceptors (Lipinski definition) is 5. The van der Waals surface area contributed by atoms with Crippen LogP contribution in [0.25, 0.3) is 0 Å². The summed E-state index contributed by atoms with van der Waals surface area (Å²) in [5.74, 6) is 0. The van der Waals surface area contributed by atoms with Crippen molar-refractivity contribution in [3.05, 3.63) is 12.3 Å². The average Bonchev–Trinajstić information content (AvgIpc) is 2.05. The number of nitrogens with zero attached hydrogens (tertiary/aromatic N) is 1. The van der Waals surface area contributed by atoms with Crippen molar-refractivity contribution in [2.75, 3.05) is 6.26 Å². The van der Waals surface area contributed by atoms with Gasteiger partial charge in [0.15, 0.2) is 17.1 Å². The highest BCUT2D eigenvalue weighted by atomic mass is 32.2. The van der Waals surface area contributed by atoms with E-state index in [1.54, 1.807) is 6.20 Å². The predicted octanol–water partition coefficient (Wildman–Crippen LogP) is -0.324. The quantitative estimate of drug-likeness (QED) is 0.530. The van der Waals surface area contributed by atoms with Crippen LogP contribution >= 0.6 is 11.8 Å². The maximum Gasteiger partial charge on any atom is 0.187 e. The van der Waals surface area contributed by atoms with Gasteiger partial charge in [-0.25, -0.2) is 4.99 Å². The van der Waals surface area contributed by atoms with Crippen LogP contribution in [0.5, 0.6) is 0 Å². The highest BCUT2D eigenvalue weighted by Crippen LogP contribution is 2.09. The maximum absolute atomic E-state index is 10.4. The molecule has 1 unspecified atom stereocenters. The summed E-state index contributed by atoms with van der Waals surface area (Å²) in [5.41, 5.74) is 4.37. The summed E-state index contributed by atoms with van der Waals surface area (Å²) in [5, 5.41) is 3.51. The van der Waals surface area contributed by atoms with Gasteiger partial charge in [0, 0.05) is 6.20 Å². The van der Waals surface area contributed by atoms with E-state index in [1.165, 1.54) is 17.8 Å².